The molecule has 0 heterocycles. The highest BCUT2D eigenvalue weighted by Gasteiger charge is 2.19. The van der Waals surface area contributed by atoms with Crippen LogP contribution in [-0.2, 0) is 9.59 Å². The van der Waals surface area contributed by atoms with E-state index in [-0.39, 0.29) is 30.5 Å². The Bertz CT molecular complexity index is 850. The second-order valence-corrected chi connectivity index (χ2v) is 7.08. The molecule has 28 heavy (non-hydrogen) atoms. The van der Waals surface area contributed by atoms with Crippen LogP contribution in [0.4, 0.5) is 14.5 Å². The van der Waals surface area contributed by atoms with E-state index in [4.69, 9.17) is 0 Å². The minimum Gasteiger partial charge on any atom is -0.345 e. The van der Waals surface area contributed by atoms with E-state index in [0.717, 1.165) is 28.9 Å². The number of quaternary nitrogens is 1. The van der Waals surface area contributed by atoms with Gasteiger partial charge in [0.1, 0.15) is 11.6 Å². The maximum Gasteiger partial charge on any atom is 0.279 e. The zero-order chi connectivity index (χ0) is 20.8. The predicted molar refractivity (Wildman–Crippen MR) is 104 cm³/mol. The summed E-state index contributed by atoms with van der Waals surface area (Å²) in [5, 5.41) is 5.56. The van der Waals surface area contributed by atoms with Crippen molar-refractivity contribution in [2.45, 2.75) is 26.8 Å². The van der Waals surface area contributed by atoms with Crippen LogP contribution in [0.3, 0.4) is 0 Å². The molecule has 0 aliphatic heterocycles. The number of hydrogen-bond donors (Lipinski definition) is 3. The second kappa shape index (κ2) is 9.41. The fraction of sp³-hybridized carbons (Fsp3) is 0.333. The molecule has 150 valence electrons. The lowest BCUT2D eigenvalue weighted by molar-refractivity contribution is -0.862. The zero-order valence-corrected chi connectivity index (χ0v) is 16.5. The van der Waals surface area contributed by atoms with Crippen LogP contribution in [0, 0.1) is 25.5 Å². The highest BCUT2D eigenvalue weighted by molar-refractivity contribution is 5.93. The van der Waals surface area contributed by atoms with E-state index >= 15 is 0 Å². The highest BCUT2D eigenvalue weighted by atomic mass is 19.1. The molecular weight excluding hydrogens is 364 g/mol. The highest BCUT2D eigenvalue weighted by Crippen LogP contribution is 2.19. The van der Waals surface area contributed by atoms with Crippen molar-refractivity contribution in [3.63, 3.8) is 0 Å². The zero-order valence-electron chi connectivity index (χ0n) is 16.5. The predicted octanol–water partition coefficient (Wildman–Crippen LogP) is 1.91. The van der Waals surface area contributed by atoms with Gasteiger partial charge in [0.25, 0.3) is 11.8 Å². The number of carbonyl (C=O) groups is 2. The molecule has 0 spiro atoms. The summed E-state index contributed by atoms with van der Waals surface area (Å²) in [6.45, 7) is 5.62. The molecule has 0 saturated heterocycles. The minimum atomic E-state index is -0.707. The van der Waals surface area contributed by atoms with Crippen LogP contribution in [-0.4, -0.2) is 32.0 Å². The van der Waals surface area contributed by atoms with E-state index in [9.17, 15) is 18.4 Å². The van der Waals surface area contributed by atoms with Crippen molar-refractivity contribution < 1.29 is 23.3 Å². The van der Waals surface area contributed by atoms with Gasteiger partial charge in [0.2, 0.25) is 0 Å². The molecule has 2 atom stereocenters. The summed E-state index contributed by atoms with van der Waals surface area (Å²) in [6.07, 6.45) is 0. The van der Waals surface area contributed by atoms with Gasteiger partial charge in [-0.05, 0) is 38.0 Å². The summed E-state index contributed by atoms with van der Waals surface area (Å²) < 4.78 is 26.8. The van der Waals surface area contributed by atoms with Gasteiger partial charge in [0, 0.05) is 17.3 Å². The molecule has 0 aliphatic rings. The SMILES string of the molecule is Cc1cccc(C)c1NC(=O)C[NH+](C)CC(=O)N[C@@H](C)c1ccc(F)cc1F. The van der Waals surface area contributed by atoms with Crippen LogP contribution in [0.15, 0.2) is 36.4 Å². The monoisotopic (exact) mass is 390 g/mol. The molecule has 0 radical (unpaired) electrons. The van der Waals surface area contributed by atoms with Gasteiger partial charge in [0.15, 0.2) is 13.1 Å². The van der Waals surface area contributed by atoms with E-state index < -0.39 is 17.7 Å². The summed E-state index contributed by atoms with van der Waals surface area (Å²) in [4.78, 5) is 25.2. The van der Waals surface area contributed by atoms with Crippen molar-refractivity contribution in [1.82, 2.24) is 5.32 Å². The van der Waals surface area contributed by atoms with Gasteiger partial charge < -0.3 is 15.5 Å². The fourth-order valence-electron chi connectivity index (χ4n) is 3.03. The third kappa shape index (κ3) is 5.85. The Balaban J connectivity index is 1.87. The lowest BCUT2D eigenvalue weighted by Gasteiger charge is -2.18. The van der Waals surface area contributed by atoms with Gasteiger partial charge in [-0.1, -0.05) is 24.3 Å². The smallest absolute Gasteiger partial charge is 0.279 e. The summed E-state index contributed by atoms with van der Waals surface area (Å²) in [6, 6.07) is 8.40. The minimum absolute atomic E-state index is 0.0489. The van der Waals surface area contributed by atoms with Gasteiger partial charge in [-0.3, -0.25) is 9.59 Å². The quantitative estimate of drug-likeness (QED) is 0.676. The molecule has 0 bridgehead atoms. The summed E-state index contributed by atoms with van der Waals surface area (Å²) in [5.41, 5.74) is 2.93. The van der Waals surface area contributed by atoms with Gasteiger partial charge in [-0.15, -0.1) is 0 Å². The third-order valence-corrected chi connectivity index (χ3v) is 4.48. The molecule has 2 rings (SSSR count). The maximum atomic E-state index is 13.8. The summed E-state index contributed by atoms with van der Waals surface area (Å²) in [7, 11) is 1.73. The van der Waals surface area contributed by atoms with Crippen molar-refractivity contribution in [2.75, 3.05) is 25.5 Å². The number of halogens is 2. The number of rotatable bonds is 7. The van der Waals surface area contributed by atoms with Gasteiger partial charge in [0.05, 0.1) is 13.1 Å². The number of benzene rings is 2. The standard InChI is InChI=1S/C21H25F2N3O2/c1-13-6-5-7-14(2)21(13)25-20(28)12-26(4)11-19(27)24-15(3)17-9-8-16(22)10-18(17)23/h5-10,15H,11-12H2,1-4H3,(H,24,27)(H,25,28)/p+1/t15-/m0/s1. The largest absolute Gasteiger partial charge is 0.345 e. The maximum absolute atomic E-state index is 13.8. The normalized spacial score (nSPS) is 12.9. The van der Waals surface area contributed by atoms with Crippen LogP contribution in [0.5, 0.6) is 0 Å². The van der Waals surface area contributed by atoms with E-state index in [1.807, 2.05) is 32.0 Å². The van der Waals surface area contributed by atoms with Crippen molar-refractivity contribution in [3.8, 4) is 0 Å². The molecule has 2 amide bonds. The van der Waals surface area contributed by atoms with E-state index in [2.05, 4.69) is 10.6 Å². The Morgan fingerprint density at radius 2 is 1.64 bits per heavy atom. The Hall–Kier alpha value is -2.80. The Kier molecular flexibility index (Phi) is 7.23. The molecule has 0 fully saturated rings. The van der Waals surface area contributed by atoms with Crippen molar-refractivity contribution in [1.29, 1.82) is 0 Å². The molecular formula is C21H26F2N3O2+. The van der Waals surface area contributed by atoms with Crippen molar-refractivity contribution >= 4 is 17.5 Å². The summed E-state index contributed by atoms with van der Waals surface area (Å²) in [5.74, 6) is -1.89. The van der Waals surface area contributed by atoms with E-state index in [1.165, 1.54) is 6.07 Å². The first kappa shape index (κ1) is 21.5. The fourth-order valence-corrected chi connectivity index (χ4v) is 3.03. The molecule has 1 unspecified atom stereocenters. The molecule has 0 aromatic heterocycles. The molecule has 2 aromatic rings. The number of carbonyl (C=O) groups excluding carboxylic acids is 2. The number of hydrogen-bond acceptors (Lipinski definition) is 2. The second-order valence-electron chi connectivity index (χ2n) is 7.08. The number of aryl methyl sites for hydroxylation is 2. The van der Waals surface area contributed by atoms with Gasteiger partial charge >= 0.3 is 0 Å². The molecule has 3 N–H and O–H groups in total. The number of nitrogens with one attached hydrogen (secondary N) is 3. The average Bonchev–Trinajstić information content (AvgIpc) is 2.57. The Morgan fingerprint density at radius 3 is 2.25 bits per heavy atom. The van der Waals surface area contributed by atoms with E-state index in [1.54, 1.807) is 14.0 Å². The number of anilines is 1. The van der Waals surface area contributed by atoms with E-state index in [0.29, 0.717) is 4.90 Å². The van der Waals surface area contributed by atoms with Crippen LogP contribution >= 0.6 is 0 Å². The third-order valence-electron chi connectivity index (χ3n) is 4.48. The van der Waals surface area contributed by atoms with Gasteiger partial charge in [-0.2, -0.15) is 0 Å². The molecule has 7 heteroatoms. The first-order valence-electron chi connectivity index (χ1n) is 9.09. The lowest BCUT2D eigenvalue weighted by Crippen LogP contribution is -3.11. The summed E-state index contributed by atoms with van der Waals surface area (Å²) >= 11 is 0. The number of para-hydroxylation sites is 1. The lowest BCUT2D eigenvalue weighted by atomic mass is 10.1. The Labute approximate surface area is 163 Å². The first-order chi connectivity index (χ1) is 13.2. The van der Waals surface area contributed by atoms with Gasteiger partial charge in [-0.25, -0.2) is 8.78 Å². The number of amides is 2. The molecule has 0 saturated carbocycles. The molecule has 0 aliphatic carbocycles. The van der Waals surface area contributed by atoms with Crippen molar-refractivity contribution in [3.05, 3.63) is 64.7 Å². The van der Waals surface area contributed by atoms with Crippen molar-refractivity contribution in [2.24, 2.45) is 0 Å². The number of likely N-dealkylation sites (N-methyl/N-ethyl adjacent to an activating group) is 1. The molecule has 5 nitrogen and oxygen atoms in total. The van der Waals surface area contributed by atoms with Crippen LogP contribution in [0.2, 0.25) is 0 Å². The molecule has 2 aromatic carbocycles. The van der Waals surface area contributed by atoms with Crippen LogP contribution in [0.1, 0.15) is 29.7 Å². The average molecular weight is 390 g/mol. The Morgan fingerprint density at radius 1 is 1.04 bits per heavy atom. The van der Waals surface area contributed by atoms with Crippen LogP contribution < -0.4 is 15.5 Å². The topological polar surface area (TPSA) is 62.6 Å². The first-order valence-corrected chi connectivity index (χ1v) is 9.09. The van der Waals surface area contributed by atoms with Crippen LogP contribution in [0.25, 0.3) is 0 Å².